The van der Waals surface area contributed by atoms with Crippen LogP contribution < -0.4 is 0 Å². The molecule has 1 aliphatic carbocycles. The highest BCUT2D eigenvalue weighted by Gasteiger charge is 2.36. The quantitative estimate of drug-likeness (QED) is 0.186. The van der Waals surface area contributed by atoms with Crippen LogP contribution in [-0.4, -0.2) is 19.5 Å². The molecule has 0 unspecified atom stereocenters. The van der Waals surface area contributed by atoms with Gasteiger partial charge < -0.3 is 8.98 Å². The van der Waals surface area contributed by atoms with Crippen molar-refractivity contribution in [1.29, 1.82) is 0 Å². The topological polar surface area (TPSA) is 56.7 Å². The normalized spacial score (nSPS) is 13.2. The molecule has 0 spiro atoms. The smallest absolute Gasteiger partial charge is 0.164 e. The molecule has 0 amide bonds. The third-order valence-corrected chi connectivity index (χ3v) is 11.0. The van der Waals surface area contributed by atoms with Gasteiger partial charge in [0.25, 0.3) is 0 Å². The van der Waals surface area contributed by atoms with Crippen LogP contribution >= 0.6 is 0 Å². The molecule has 0 radical (unpaired) electrons. The molecule has 1 aliphatic rings. The van der Waals surface area contributed by atoms with E-state index in [2.05, 4.69) is 115 Å². The highest BCUT2D eigenvalue weighted by molar-refractivity contribution is 6.13. The molecule has 11 rings (SSSR count). The Kier molecular flexibility index (Phi) is 6.23. The average molecular weight is 681 g/mol. The zero-order chi connectivity index (χ0) is 35.3. The van der Waals surface area contributed by atoms with Gasteiger partial charge in [0.05, 0.1) is 11.0 Å². The number of hydrogen-bond acceptors (Lipinski definition) is 4. The van der Waals surface area contributed by atoms with E-state index < -0.39 is 0 Å². The first-order valence-corrected chi connectivity index (χ1v) is 18.0. The van der Waals surface area contributed by atoms with Crippen molar-refractivity contribution >= 4 is 43.7 Å². The molecule has 7 aromatic carbocycles. The van der Waals surface area contributed by atoms with Gasteiger partial charge in [-0.25, -0.2) is 15.0 Å². The summed E-state index contributed by atoms with van der Waals surface area (Å²) in [5, 5.41) is 4.50. The lowest BCUT2D eigenvalue weighted by molar-refractivity contribution is 0.661. The number of benzene rings is 7. The van der Waals surface area contributed by atoms with E-state index in [1.807, 2.05) is 60.7 Å². The maximum atomic E-state index is 6.26. The summed E-state index contributed by atoms with van der Waals surface area (Å²) >= 11 is 0. The lowest BCUT2D eigenvalue weighted by atomic mass is 9.82. The van der Waals surface area contributed by atoms with Crippen LogP contribution in [0.5, 0.6) is 0 Å². The molecule has 0 fully saturated rings. The van der Waals surface area contributed by atoms with Crippen LogP contribution in [0.15, 0.2) is 162 Å². The van der Waals surface area contributed by atoms with Crippen molar-refractivity contribution in [3.05, 3.63) is 169 Å². The zero-order valence-corrected chi connectivity index (χ0v) is 29.2. The summed E-state index contributed by atoms with van der Waals surface area (Å²) in [6, 6.07) is 55.3. The van der Waals surface area contributed by atoms with Crippen molar-refractivity contribution in [3.63, 3.8) is 0 Å². The first kappa shape index (κ1) is 29.8. The van der Waals surface area contributed by atoms with Crippen LogP contribution in [0.4, 0.5) is 0 Å². The van der Waals surface area contributed by atoms with Crippen LogP contribution in [0.1, 0.15) is 25.0 Å². The van der Waals surface area contributed by atoms with E-state index in [-0.39, 0.29) is 5.41 Å². The summed E-state index contributed by atoms with van der Waals surface area (Å²) in [6.07, 6.45) is 0. The maximum Gasteiger partial charge on any atom is 0.164 e. The SMILES string of the molecule is CC1(C)c2ccccc2-c2cc3c4ccccc4n(-c4cccc(-c5nc(-c6ccccc6)nc(-c6cccc7oc8ccccc8c67)n5)c4)c3cc21. The lowest BCUT2D eigenvalue weighted by Crippen LogP contribution is -2.14. The molecule has 53 heavy (non-hydrogen) atoms. The average Bonchev–Trinajstić information content (AvgIpc) is 3.83. The Morgan fingerprint density at radius 2 is 1.11 bits per heavy atom. The molecule has 0 aliphatic heterocycles. The third-order valence-electron chi connectivity index (χ3n) is 11.0. The molecule has 0 saturated carbocycles. The summed E-state index contributed by atoms with van der Waals surface area (Å²) < 4.78 is 8.65. The minimum Gasteiger partial charge on any atom is -0.456 e. The van der Waals surface area contributed by atoms with Crippen LogP contribution in [0.3, 0.4) is 0 Å². The van der Waals surface area contributed by atoms with E-state index in [9.17, 15) is 0 Å². The summed E-state index contributed by atoms with van der Waals surface area (Å²) in [5.41, 5.74) is 13.0. The molecule has 3 aromatic heterocycles. The van der Waals surface area contributed by atoms with E-state index in [1.165, 1.54) is 38.5 Å². The Hall–Kier alpha value is -6.85. The van der Waals surface area contributed by atoms with Crippen LogP contribution in [0.2, 0.25) is 0 Å². The number of hydrogen-bond donors (Lipinski definition) is 0. The molecule has 5 nitrogen and oxygen atoms in total. The zero-order valence-electron chi connectivity index (χ0n) is 29.2. The molecule has 250 valence electrons. The van der Waals surface area contributed by atoms with Crippen LogP contribution in [0, 0.1) is 0 Å². The largest absolute Gasteiger partial charge is 0.456 e. The fourth-order valence-corrected chi connectivity index (χ4v) is 8.53. The van der Waals surface area contributed by atoms with Gasteiger partial charge in [0, 0.05) is 49.3 Å². The Balaban J connectivity index is 1.13. The first-order chi connectivity index (χ1) is 26.0. The number of para-hydroxylation sites is 2. The minimum atomic E-state index is -0.110. The summed E-state index contributed by atoms with van der Waals surface area (Å²) in [6.45, 7) is 4.68. The predicted molar refractivity (Wildman–Crippen MR) is 215 cm³/mol. The highest BCUT2D eigenvalue weighted by atomic mass is 16.3. The molecule has 0 N–H and O–H groups in total. The molecule has 3 heterocycles. The van der Waals surface area contributed by atoms with Gasteiger partial charge in [-0.3, -0.25) is 0 Å². The number of nitrogens with zero attached hydrogens (tertiary/aromatic N) is 4. The Morgan fingerprint density at radius 3 is 2.00 bits per heavy atom. The van der Waals surface area contributed by atoms with E-state index in [0.29, 0.717) is 17.5 Å². The second-order valence-electron chi connectivity index (χ2n) is 14.4. The molecule has 0 atom stereocenters. The third kappa shape index (κ3) is 4.40. The van der Waals surface area contributed by atoms with Gasteiger partial charge >= 0.3 is 0 Å². The van der Waals surface area contributed by atoms with Gasteiger partial charge in [-0.15, -0.1) is 0 Å². The van der Waals surface area contributed by atoms with Crippen LogP contribution in [-0.2, 0) is 5.41 Å². The van der Waals surface area contributed by atoms with E-state index in [4.69, 9.17) is 19.4 Å². The van der Waals surface area contributed by atoms with Gasteiger partial charge in [-0.05, 0) is 64.7 Å². The second-order valence-corrected chi connectivity index (χ2v) is 14.4. The monoisotopic (exact) mass is 680 g/mol. The van der Waals surface area contributed by atoms with E-state index >= 15 is 0 Å². The van der Waals surface area contributed by atoms with Gasteiger partial charge in [-0.1, -0.05) is 129 Å². The van der Waals surface area contributed by atoms with Crippen molar-refractivity contribution in [3.8, 4) is 51.0 Å². The number of aromatic nitrogens is 4. The van der Waals surface area contributed by atoms with Gasteiger partial charge in [0.2, 0.25) is 0 Å². The molecule has 0 saturated heterocycles. The summed E-state index contributed by atoms with van der Waals surface area (Å²) in [5.74, 6) is 1.83. The first-order valence-electron chi connectivity index (χ1n) is 18.0. The van der Waals surface area contributed by atoms with Gasteiger partial charge in [0.15, 0.2) is 17.5 Å². The van der Waals surface area contributed by atoms with Crippen molar-refractivity contribution < 1.29 is 4.42 Å². The number of fused-ring (bicyclic) bond motifs is 9. The number of rotatable bonds is 4. The predicted octanol–water partition coefficient (Wildman–Crippen LogP) is 12.2. The van der Waals surface area contributed by atoms with Crippen molar-refractivity contribution in [2.45, 2.75) is 19.3 Å². The maximum absolute atomic E-state index is 6.26. The van der Waals surface area contributed by atoms with Crippen molar-refractivity contribution in [2.24, 2.45) is 0 Å². The summed E-state index contributed by atoms with van der Waals surface area (Å²) in [4.78, 5) is 15.4. The molecular formula is C48H32N4O. The lowest BCUT2D eigenvalue weighted by Gasteiger charge is -2.21. The fourth-order valence-electron chi connectivity index (χ4n) is 8.53. The second kappa shape index (κ2) is 11.1. The molecule has 5 heteroatoms. The van der Waals surface area contributed by atoms with Crippen molar-refractivity contribution in [1.82, 2.24) is 19.5 Å². The highest BCUT2D eigenvalue weighted by Crippen LogP contribution is 2.51. The molecular weight excluding hydrogens is 649 g/mol. The van der Waals surface area contributed by atoms with Gasteiger partial charge in [0.1, 0.15) is 11.2 Å². The van der Waals surface area contributed by atoms with E-state index in [0.717, 1.165) is 49.8 Å². The summed E-state index contributed by atoms with van der Waals surface area (Å²) in [7, 11) is 0. The number of furan rings is 1. The minimum absolute atomic E-state index is 0.110. The Labute approximate surface area is 305 Å². The standard InChI is InChI=1S/C48H32N4O/c1-48(2)38-22-9-6-18-32(38)36-27-37-33-19-7-10-23-40(33)52(41(37)28-39(36)48)31-17-12-16-30(26-31)46-49-45(29-14-4-3-5-15-29)50-47(51-46)35-21-13-25-43-44(35)34-20-8-11-24-42(34)53-43/h3-28H,1-2H3. The fraction of sp³-hybridized carbons (Fsp3) is 0.0625. The van der Waals surface area contributed by atoms with Gasteiger partial charge in [-0.2, -0.15) is 0 Å². The Morgan fingerprint density at radius 1 is 0.453 bits per heavy atom. The van der Waals surface area contributed by atoms with Crippen molar-refractivity contribution in [2.75, 3.05) is 0 Å². The van der Waals surface area contributed by atoms with Crippen LogP contribution in [0.25, 0.3) is 94.7 Å². The molecule has 10 aromatic rings. The molecule has 0 bridgehead atoms. The van der Waals surface area contributed by atoms with E-state index in [1.54, 1.807) is 0 Å². The Bertz CT molecular complexity index is 3100.